The zero-order chi connectivity index (χ0) is 14.4. The number of hydrogen-bond acceptors (Lipinski definition) is 3. The summed E-state index contributed by atoms with van der Waals surface area (Å²) in [6, 6.07) is -0.197. The fourth-order valence-corrected chi connectivity index (χ4v) is 2.51. The average Bonchev–Trinajstić information content (AvgIpc) is 2.84. The summed E-state index contributed by atoms with van der Waals surface area (Å²) < 4.78 is 0. The van der Waals surface area contributed by atoms with Gasteiger partial charge < -0.3 is 20.8 Å². The molecule has 1 fully saturated rings. The third kappa shape index (κ3) is 5.37. The molecule has 112 valence electrons. The van der Waals surface area contributed by atoms with Gasteiger partial charge >= 0.3 is 6.03 Å². The summed E-state index contributed by atoms with van der Waals surface area (Å²) >= 11 is 0. The monoisotopic (exact) mass is 272 g/mol. The van der Waals surface area contributed by atoms with Crippen LogP contribution in [0.25, 0.3) is 0 Å². The molecule has 0 aromatic heterocycles. The van der Waals surface area contributed by atoms with Crippen LogP contribution in [0.4, 0.5) is 4.79 Å². The molecular weight excluding hydrogens is 244 g/mol. The van der Waals surface area contributed by atoms with Crippen molar-refractivity contribution in [3.63, 3.8) is 0 Å². The van der Waals surface area contributed by atoms with E-state index in [1.54, 1.807) is 0 Å². The number of aliphatic hydroxyl groups is 2. The van der Waals surface area contributed by atoms with Gasteiger partial charge in [0.1, 0.15) is 0 Å². The first-order chi connectivity index (χ1) is 8.93. The van der Waals surface area contributed by atoms with Gasteiger partial charge in [-0.05, 0) is 31.1 Å². The van der Waals surface area contributed by atoms with Crippen LogP contribution in [0.1, 0.15) is 52.4 Å². The number of aliphatic hydroxyl groups excluding tert-OH is 2. The van der Waals surface area contributed by atoms with E-state index in [0.29, 0.717) is 6.54 Å². The topological polar surface area (TPSA) is 81.6 Å². The van der Waals surface area contributed by atoms with Gasteiger partial charge in [-0.2, -0.15) is 0 Å². The number of rotatable bonds is 7. The second-order valence-corrected chi connectivity index (χ2v) is 6.45. The van der Waals surface area contributed by atoms with E-state index in [2.05, 4.69) is 10.6 Å². The van der Waals surface area contributed by atoms with Crippen LogP contribution in [-0.4, -0.2) is 41.5 Å². The molecule has 19 heavy (non-hydrogen) atoms. The highest BCUT2D eigenvalue weighted by molar-refractivity contribution is 5.74. The Kier molecular flexibility index (Phi) is 6.07. The maximum absolute atomic E-state index is 11.8. The quantitative estimate of drug-likeness (QED) is 0.529. The minimum atomic E-state index is -0.408. The maximum atomic E-state index is 11.8. The third-order valence-electron chi connectivity index (χ3n) is 3.99. The Balaban J connectivity index is 2.21. The normalized spacial score (nSPS) is 18.3. The maximum Gasteiger partial charge on any atom is 0.315 e. The van der Waals surface area contributed by atoms with Crippen LogP contribution in [0.5, 0.6) is 0 Å². The van der Waals surface area contributed by atoms with Crippen LogP contribution in [-0.2, 0) is 0 Å². The SMILES string of the molecule is CC(C)(CO)CCCNC(=O)NC1(CO)CCCC1. The van der Waals surface area contributed by atoms with E-state index in [1.807, 2.05) is 13.8 Å². The lowest BCUT2D eigenvalue weighted by molar-refractivity contribution is 0.147. The lowest BCUT2D eigenvalue weighted by Crippen LogP contribution is -2.53. The Labute approximate surface area is 115 Å². The summed E-state index contributed by atoms with van der Waals surface area (Å²) in [4.78, 5) is 11.8. The van der Waals surface area contributed by atoms with Crippen LogP contribution in [0, 0.1) is 5.41 Å². The van der Waals surface area contributed by atoms with Gasteiger partial charge in [-0.3, -0.25) is 0 Å². The Bertz CT molecular complexity index is 286. The van der Waals surface area contributed by atoms with Crippen molar-refractivity contribution in [2.45, 2.75) is 57.9 Å². The van der Waals surface area contributed by atoms with Gasteiger partial charge in [-0.15, -0.1) is 0 Å². The van der Waals surface area contributed by atoms with Crippen molar-refractivity contribution in [3.8, 4) is 0 Å². The van der Waals surface area contributed by atoms with E-state index in [9.17, 15) is 9.90 Å². The first-order valence-corrected chi connectivity index (χ1v) is 7.21. The molecule has 1 saturated carbocycles. The fraction of sp³-hybridized carbons (Fsp3) is 0.929. The summed E-state index contributed by atoms with van der Waals surface area (Å²) in [6.07, 6.45) is 5.54. The predicted molar refractivity (Wildman–Crippen MR) is 74.9 cm³/mol. The van der Waals surface area contributed by atoms with Crippen molar-refractivity contribution < 1.29 is 15.0 Å². The first kappa shape index (κ1) is 16.2. The average molecular weight is 272 g/mol. The largest absolute Gasteiger partial charge is 0.396 e. The molecule has 1 rings (SSSR count). The van der Waals surface area contributed by atoms with E-state index in [0.717, 1.165) is 38.5 Å². The van der Waals surface area contributed by atoms with Crippen molar-refractivity contribution in [3.05, 3.63) is 0 Å². The molecule has 1 aliphatic carbocycles. The van der Waals surface area contributed by atoms with Gasteiger partial charge in [0.25, 0.3) is 0 Å². The summed E-state index contributed by atoms with van der Waals surface area (Å²) in [6.45, 7) is 4.78. The molecule has 0 aromatic carbocycles. The molecular formula is C14H28N2O3. The molecule has 5 heteroatoms. The lowest BCUT2D eigenvalue weighted by atomic mass is 9.89. The van der Waals surface area contributed by atoms with Gasteiger partial charge in [0, 0.05) is 13.2 Å². The smallest absolute Gasteiger partial charge is 0.315 e. The van der Waals surface area contributed by atoms with Crippen molar-refractivity contribution in [1.29, 1.82) is 0 Å². The van der Waals surface area contributed by atoms with Gasteiger partial charge in [0.05, 0.1) is 12.1 Å². The number of urea groups is 1. The van der Waals surface area contributed by atoms with Crippen molar-refractivity contribution in [1.82, 2.24) is 10.6 Å². The van der Waals surface area contributed by atoms with Gasteiger partial charge in [0.2, 0.25) is 0 Å². The van der Waals surface area contributed by atoms with Crippen molar-refractivity contribution in [2.24, 2.45) is 5.41 Å². The number of carbonyl (C=O) groups excluding carboxylic acids is 1. The molecule has 4 N–H and O–H groups in total. The summed E-state index contributed by atoms with van der Waals surface area (Å²) in [5.41, 5.74) is -0.496. The van der Waals surface area contributed by atoms with Crippen molar-refractivity contribution >= 4 is 6.03 Å². The Morgan fingerprint density at radius 1 is 1.26 bits per heavy atom. The number of carbonyl (C=O) groups is 1. The van der Waals surface area contributed by atoms with Gasteiger partial charge in [-0.1, -0.05) is 26.7 Å². The molecule has 1 aliphatic rings. The highest BCUT2D eigenvalue weighted by Gasteiger charge is 2.34. The van der Waals surface area contributed by atoms with Gasteiger partial charge in [0.15, 0.2) is 0 Å². The second kappa shape index (κ2) is 7.10. The zero-order valence-corrected chi connectivity index (χ0v) is 12.2. The molecule has 0 aliphatic heterocycles. The summed E-state index contributed by atoms with van der Waals surface area (Å²) in [7, 11) is 0. The molecule has 0 bridgehead atoms. The molecule has 0 spiro atoms. The minimum Gasteiger partial charge on any atom is -0.396 e. The van der Waals surface area contributed by atoms with E-state index in [4.69, 9.17) is 5.11 Å². The second-order valence-electron chi connectivity index (χ2n) is 6.45. The van der Waals surface area contributed by atoms with Crippen LogP contribution in [0.15, 0.2) is 0 Å². The van der Waals surface area contributed by atoms with E-state index >= 15 is 0 Å². The van der Waals surface area contributed by atoms with Crippen molar-refractivity contribution in [2.75, 3.05) is 19.8 Å². The molecule has 0 saturated heterocycles. The highest BCUT2D eigenvalue weighted by atomic mass is 16.3. The van der Waals surface area contributed by atoms with Crippen LogP contribution >= 0.6 is 0 Å². The molecule has 0 atom stereocenters. The first-order valence-electron chi connectivity index (χ1n) is 7.21. The Morgan fingerprint density at radius 3 is 2.42 bits per heavy atom. The molecule has 0 aromatic rings. The number of nitrogens with one attached hydrogen (secondary N) is 2. The van der Waals surface area contributed by atoms with E-state index in [-0.39, 0.29) is 24.7 Å². The minimum absolute atomic E-state index is 0.0119. The zero-order valence-electron chi connectivity index (χ0n) is 12.2. The summed E-state index contributed by atoms with van der Waals surface area (Å²) in [5, 5.41) is 24.3. The van der Waals surface area contributed by atoms with Crippen LogP contribution in [0.2, 0.25) is 0 Å². The fourth-order valence-electron chi connectivity index (χ4n) is 2.51. The molecule has 0 heterocycles. The summed E-state index contributed by atoms with van der Waals surface area (Å²) in [5.74, 6) is 0. The Hall–Kier alpha value is -0.810. The molecule has 5 nitrogen and oxygen atoms in total. The predicted octanol–water partition coefficient (Wildman–Crippen LogP) is 1.39. The highest BCUT2D eigenvalue weighted by Crippen LogP contribution is 2.28. The molecule has 0 radical (unpaired) electrons. The van der Waals surface area contributed by atoms with Crippen LogP contribution in [0.3, 0.4) is 0 Å². The Morgan fingerprint density at radius 2 is 1.89 bits per heavy atom. The van der Waals surface area contributed by atoms with Gasteiger partial charge in [-0.25, -0.2) is 4.79 Å². The number of hydrogen-bond donors (Lipinski definition) is 4. The molecule has 2 amide bonds. The lowest BCUT2D eigenvalue weighted by Gasteiger charge is -2.28. The third-order valence-corrected chi connectivity index (χ3v) is 3.99. The van der Waals surface area contributed by atoms with Crippen LogP contribution < -0.4 is 10.6 Å². The molecule has 0 unspecified atom stereocenters. The van der Waals surface area contributed by atoms with E-state index in [1.165, 1.54) is 0 Å². The van der Waals surface area contributed by atoms with E-state index < -0.39 is 5.54 Å². The standard InChI is InChI=1S/C14H28N2O3/c1-13(2,10-17)6-5-9-15-12(19)16-14(11-18)7-3-4-8-14/h17-18H,3-11H2,1-2H3,(H2,15,16,19). The number of amides is 2.